The fourth-order valence-corrected chi connectivity index (χ4v) is 2.66. The Hall–Kier alpha value is -2.55. The summed E-state index contributed by atoms with van der Waals surface area (Å²) in [5.74, 6) is 0.361. The zero-order valence-corrected chi connectivity index (χ0v) is 13.4. The number of hydrogen-bond donors (Lipinski definition) is 3. The molecule has 9 heteroatoms. The van der Waals surface area contributed by atoms with Crippen LogP contribution in [0.2, 0.25) is 0 Å². The predicted octanol–water partition coefficient (Wildman–Crippen LogP) is 0.976. The second-order valence-corrected chi connectivity index (χ2v) is 5.74. The molecule has 0 saturated heterocycles. The maximum Gasteiger partial charge on any atom is 0.342 e. The second-order valence-electron chi connectivity index (χ2n) is 4.55. The molecule has 0 aliphatic rings. The summed E-state index contributed by atoms with van der Waals surface area (Å²) in [5, 5.41) is 8.09. The molecule has 0 saturated carbocycles. The highest BCUT2D eigenvalue weighted by molar-refractivity contribution is 8.00. The van der Waals surface area contributed by atoms with Crippen molar-refractivity contribution in [3.05, 3.63) is 45.1 Å². The number of ether oxygens (including phenoxy) is 1. The van der Waals surface area contributed by atoms with Gasteiger partial charge in [0.05, 0.1) is 12.4 Å². The first-order valence-corrected chi connectivity index (χ1v) is 7.72. The van der Waals surface area contributed by atoms with E-state index in [1.165, 1.54) is 0 Å². The molecule has 1 unspecified atom stereocenters. The number of anilines is 1. The van der Waals surface area contributed by atoms with Crippen LogP contribution in [0.25, 0.3) is 0 Å². The zero-order chi connectivity index (χ0) is 16.8. The smallest absolute Gasteiger partial charge is 0.342 e. The van der Waals surface area contributed by atoms with Gasteiger partial charge in [-0.2, -0.15) is 5.10 Å². The molecule has 0 fully saturated rings. The number of benzene rings is 1. The number of rotatable bonds is 6. The van der Waals surface area contributed by atoms with Crippen molar-refractivity contribution in [1.82, 2.24) is 15.2 Å². The number of aromatic nitrogens is 3. The molecule has 0 aliphatic heterocycles. The first-order valence-electron chi connectivity index (χ1n) is 6.84. The number of thioether (sulfide) groups is 1. The Labute approximate surface area is 135 Å². The van der Waals surface area contributed by atoms with E-state index in [0.717, 1.165) is 11.8 Å². The van der Waals surface area contributed by atoms with E-state index in [2.05, 4.69) is 20.5 Å². The molecular formula is C14H16N4O4S. The van der Waals surface area contributed by atoms with Gasteiger partial charge in [-0.1, -0.05) is 24.8 Å². The lowest BCUT2D eigenvalue weighted by Crippen LogP contribution is -2.29. The van der Waals surface area contributed by atoms with Crippen molar-refractivity contribution in [2.24, 2.45) is 0 Å². The van der Waals surface area contributed by atoms with Crippen molar-refractivity contribution in [2.45, 2.75) is 23.6 Å². The van der Waals surface area contributed by atoms with Crippen LogP contribution >= 0.6 is 11.8 Å². The molecule has 1 aromatic carbocycles. The summed E-state index contributed by atoms with van der Waals surface area (Å²) in [7, 11) is 1.54. The third-order valence-electron chi connectivity index (χ3n) is 2.93. The summed E-state index contributed by atoms with van der Waals surface area (Å²) in [6.45, 7) is 1.82. The van der Waals surface area contributed by atoms with Gasteiger partial charge < -0.3 is 10.1 Å². The molecule has 0 bridgehead atoms. The average molecular weight is 336 g/mol. The van der Waals surface area contributed by atoms with E-state index in [4.69, 9.17) is 4.74 Å². The van der Waals surface area contributed by atoms with Crippen LogP contribution in [-0.2, 0) is 4.79 Å². The van der Waals surface area contributed by atoms with Gasteiger partial charge in [-0.25, -0.2) is 9.89 Å². The predicted molar refractivity (Wildman–Crippen MR) is 87.0 cm³/mol. The second kappa shape index (κ2) is 7.63. The molecule has 0 spiro atoms. The van der Waals surface area contributed by atoms with Gasteiger partial charge in [0.1, 0.15) is 5.75 Å². The number of H-pyrrole nitrogens is 2. The molecule has 23 heavy (non-hydrogen) atoms. The van der Waals surface area contributed by atoms with Crippen molar-refractivity contribution < 1.29 is 9.53 Å². The third-order valence-corrected chi connectivity index (χ3v) is 4.27. The van der Waals surface area contributed by atoms with Crippen molar-refractivity contribution in [1.29, 1.82) is 0 Å². The Kier molecular flexibility index (Phi) is 5.58. The molecule has 0 radical (unpaired) electrons. The summed E-state index contributed by atoms with van der Waals surface area (Å²) < 4.78 is 5.10. The largest absolute Gasteiger partial charge is 0.497 e. The van der Waals surface area contributed by atoms with Gasteiger partial charge in [0.2, 0.25) is 5.91 Å². The van der Waals surface area contributed by atoms with Gasteiger partial charge in [0, 0.05) is 11.8 Å². The number of aromatic amines is 2. The minimum atomic E-state index is -0.687. The maximum absolute atomic E-state index is 12.3. The van der Waals surface area contributed by atoms with E-state index in [9.17, 15) is 14.4 Å². The summed E-state index contributed by atoms with van der Waals surface area (Å²) in [5.41, 5.74) is -0.712. The third kappa shape index (κ3) is 4.46. The molecule has 1 amide bonds. The van der Waals surface area contributed by atoms with Crippen molar-refractivity contribution in [3.63, 3.8) is 0 Å². The number of nitrogens with zero attached hydrogens (tertiary/aromatic N) is 1. The number of methoxy groups -OCH3 is 1. The lowest BCUT2D eigenvalue weighted by molar-refractivity contribution is -0.115. The Bertz CT molecular complexity index is 802. The van der Waals surface area contributed by atoms with Crippen LogP contribution in [0.4, 0.5) is 5.69 Å². The Morgan fingerprint density at radius 3 is 2.87 bits per heavy atom. The van der Waals surface area contributed by atoms with E-state index < -0.39 is 16.5 Å². The molecule has 0 aliphatic carbocycles. The molecule has 3 N–H and O–H groups in total. The number of carbonyl (C=O) groups excluding carboxylic acids is 1. The molecule has 2 rings (SSSR count). The van der Waals surface area contributed by atoms with Crippen LogP contribution in [0.1, 0.15) is 13.3 Å². The minimum absolute atomic E-state index is 0.0391. The van der Waals surface area contributed by atoms with E-state index in [1.54, 1.807) is 31.4 Å². The monoisotopic (exact) mass is 336 g/mol. The lowest BCUT2D eigenvalue weighted by Gasteiger charge is -2.14. The van der Waals surface area contributed by atoms with E-state index in [0.29, 0.717) is 17.9 Å². The Morgan fingerprint density at radius 2 is 2.22 bits per heavy atom. The minimum Gasteiger partial charge on any atom is -0.497 e. The van der Waals surface area contributed by atoms with E-state index in [1.807, 2.05) is 6.92 Å². The van der Waals surface area contributed by atoms with Crippen LogP contribution < -0.4 is 21.3 Å². The molecule has 2 aromatic rings. The van der Waals surface area contributed by atoms with Gasteiger partial charge in [0.15, 0.2) is 5.03 Å². The topological polar surface area (TPSA) is 117 Å². The zero-order valence-electron chi connectivity index (χ0n) is 12.6. The molecule has 1 aromatic heterocycles. The van der Waals surface area contributed by atoms with Gasteiger partial charge in [-0.3, -0.25) is 14.6 Å². The summed E-state index contributed by atoms with van der Waals surface area (Å²) in [6.07, 6.45) is 0.487. The molecular weight excluding hydrogens is 320 g/mol. The molecule has 1 heterocycles. The van der Waals surface area contributed by atoms with Crippen LogP contribution in [0.3, 0.4) is 0 Å². The number of hydrogen-bond acceptors (Lipinski definition) is 6. The van der Waals surface area contributed by atoms with Crippen LogP contribution in [0.5, 0.6) is 5.75 Å². The van der Waals surface area contributed by atoms with E-state index >= 15 is 0 Å². The van der Waals surface area contributed by atoms with Crippen molar-refractivity contribution in [2.75, 3.05) is 12.4 Å². The molecule has 122 valence electrons. The number of nitrogens with one attached hydrogen (secondary N) is 3. The van der Waals surface area contributed by atoms with Crippen LogP contribution in [0, 0.1) is 0 Å². The van der Waals surface area contributed by atoms with E-state index in [-0.39, 0.29) is 10.9 Å². The first kappa shape index (κ1) is 16.8. The SMILES string of the molecule is CCC(Sc1n[nH]c(=O)[nH]c1=O)C(=O)Nc1cccc(OC)c1. The average Bonchev–Trinajstić information content (AvgIpc) is 2.54. The summed E-state index contributed by atoms with van der Waals surface area (Å²) in [4.78, 5) is 37.0. The highest BCUT2D eigenvalue weighted by Crippen LogP contribution is 2.23. The standard InChI is InChI=1S/C14H16N4O4S/c1-3-10(23-13-12(20)16-14(21)18-17-13)11(19)15-8-5-4-6-9(7-8)22-2/h4-7,10H,3H2,1-2H3,(H,15,19)(H2,16,18,20,21). The summed E-state index contributed by atoms with van der Waals surface area (Å²) >= 11 is 0.993. The number of carbonyl (C=O) groups is 1. The van der Waals surface area contributed by atoms with Gasteiger partial charge >= 0.3 is 5.69 Å². The first-order chi connectivity index (χ1) is 11.0. The normalized spacial score (nSPS) is 11.7. The highest BCUT2D eigenvalue weighted by atomic mass is 32.2. The Balaban J connectivity index is 2.11. The van der Waals surface area contributed by atoms with Gasteiger partial charge in [-0.05, 0) is 18.6 Å². The van der Waals surface area contributed by atoms with Gasteiger partial charge in [-0.15, -0.1) is 0 Å². The fourth-order valence-electron chi connectivity index (χ4n) is 1.80. The van der Waals surface area contributed by atoms with Crippen LogP contribution in [-0.4, -0.2) is 33.4 Å². The maximum atomic E-state index is 12.3. The fraction of sp³-hybridized carbons (Fsp3) is 0.286. The molecule has 8 nitrogen and oxygen atoms in total. The van der Waals surface area contributed by atoms with Crippen molar-refractivity contribution in [3.8, 4) is 5.75 Å². The lowest BCUT2D eigenvalue weighted by atomic mass is 10.2. The van der Waals surface area contributed by atoms with Crippen LogP contribution in [0.15, 0.2) is 38.9 Å². The molecule has 1 atom stereocenters. The van der Waals surface area contributed by atoms with Crippen molar-refractivity contribution >= 4 is 23.4 Å². The highest BCUT2D eigenvalue weighted by Gasteiger charge is 2.20. The van der Waals surface area contributed by atoms with Gasteiger partial charge in [0.25, 0.3) is 5.56 Å². The Morgan fingerprint density at radius 1 is 1.43 bits per heavy atom. The summed E-state index contributed by atoms with van der Waals surface area (Å²) in [6, 6.07) is 6.96. The quantitative estimate of drug-likeness (QED) is 0.677. The number of amides is 1.